The first-order valence-corrected chi connectivity index (χ1v) is 15.7. The number of aryl methyl sites for hydroxylation is 1. The summed E-state index contributed by atoms with van der Waals surface area (Å²) in [6.07, 6.45) is -6.33. The van der Waals surface area contributed by atoms with Gasteiger partial charge in [0, 0.05) is 18.4 Å². The van der Waals surface area contributed by atoms with E-state index in [0.717, 1.165) is 28.4 Å². The Morgan fingerprint density at radius 1 is 1.06 bits per heavy atom. The average Bonchev–Trinajstić information content (AvgIpc) is 3.45. The van der Waals surface area contributed by atoms with Gasteiger partial charge in [0.05, 0.1) is 39.8 Å². The number of piperidine rings is 1. The molecule has 1 N–H and O–H groups in total. The van der Waals surface area contributed by atoms with Gasteiger partial charge in [0.2, 0.25) is 5.28 Å². The van der Waals surface area contributed by atoms with Gasteiger partial charge in [0.25, 0.3) is 16.8 Å². The van der Waals surface area contributed by atoms with Gasteiger partial charge < -0.3 is 19.5 Å². The van der Waals surface area contributed by atoms with Crippen LogP contribution >= 0.6 is 0 Å². The first-order chi connectivity index (χ1) is 21.9. The monoisotopic (exact) mass is 682 g/mol. The number of halogens is 3. The highest BCUT2D eigenvalue weighted by molar-refractivity contribution is 7.90. The molecule has 0 atom stereocenters. The Hall–Kier alpha value is -4.87. The van der Waals surface area contributed by atoms with Gasteiger partial charge in [0.1, 0.15) is 6.10 Å². The van der Waals surface area contributed by atoms with Crippen LogP contribution in [0.25, 0.3) is 16.9 Å². The molecule has 0 saturated carbocycles. The number of alkyl halides is 3. The van der Waals surface area contributed by atoms with Crippen molar-refractivity contribution in [3.8, 4) is 16.9 Å². The van der Waals surface area contributed by atoms with Crippen LogP contribution in [-0.4, -0.2) is 66.2 Å². The molecule has 2 aromatic carbocycles. The Labute approximate surface area is 268 Å². The summed E-state index contributed by atoms with van der Waals surface area (Å²) in [4.78, 5) is 28.7. The molecule has 1 fully saturated rings. The number of esters is 1. The largest absolute Gasteiger partial charge is 0.569 e. The lowest BCUT2D eigenvalue weighted by molar-refractivity contribution is -0.714. The number of amides is 1. The SMILES string of the molecule is Cc1ccc(-c2cc(C(F)(F)F)nn2-c2ccc(S(=O)(=O)NC(=O)OC3CCN(/[N+]([O-])=N\OCOC(=O)C(C)(C)C)CC3)cc2)cc1. The Morgan fingerprint density at radius 3 is 2.26 bits per heavy atom. The van der Waals surface area contributed by atoms with Crippen molar-refractivity contribution < 1.29 is 50.5 Å². The molecule has 1 aromatic heterocycles. The number of hydrazine groups is 1. The Bertz CT molecular complexity index is 1710. The fraction of sp³-hybridized carbons (Fsp3) is 0.414. The van der Waals surface area contributed by atoms with Gasteiger partial charge in [-0.25, -0.2) is 22.6 Å². The van der Waals surface area contributed by atoms with E-state index in [1.165, 1.54) is 17.1 Å². The van der Waals surface area contributed by atoms with Crippen LogP contribution < -0.4 is 4.72 Å². The number of sulfonamides is 1. The molecule has 3 aromatic rings. The third kappa shape index (κ3) is 9.11. The van der Waals surface area contributed by atoms with Gasteiger partial charge in [0.15, 0.2) is 5.69 Å². The van der Waals surface area contributed by atoms with Crippen molar-refractivity contribution in [1.29, 1.82) is 0 Å². The minimum atomic E-state index is -4.71. The quantitative estimate of drug-likeness (QED) is 0.0801. The van der Waals surface area contributed by atoms with Gasteiger partial charge in [-0.3, -0.25) is 4.79 Å². The van der Waals surface area contributed by atoms with Gasteiger partial charge in [-0.05, 0) is 58.0 Å². The molecular formula is C29H33F3N6O8S. The Morgan fingerprint density at radius 2 is 1.68 bits per heavy atom. The first-order valence-electron chi connectivity index (χ1n) is 14.2. The van der Waals surface area contributed by atoms with Crippen LogP contribution in [0.1, 0.15) is 44.9 Å². The van der Waals surface area contributed by atoms with Crippen molar-refractivity contribution in [2.24, 2.45) is 10.7 Å². The van der Waals surface area contributed by atoms with Crippen LogP contribution in [0.5, 0.6) is 0 Å². The molecule has 2 heterocycles. The molecule has 0 radical (unpaired) electrons. The molecule has 47 heavy (non-hydrogen) atoms. The molecule has 18 heteroatoms. The minimum absolute atomic E-state index is 0.0956. The average molecular weight is 683 g/mol. The maximum atomic E-state index is 13.5. The van der Waals surface area contributed by atoms with E-state index in [9.17, 15) is 36.4 Å². The van der Waals surface area contributed by atoms with E-state index in [1.807, 2.05) is 11.6 Å². The summed E-state index contributed by atoms with van der Waals surface area (Å²) >= 11 is 0. The molecule has 0 spiro atoms. The molecule has 0 aliphatic carbocycles. The van der Waals surface area contributed by atoms with E-state index in [-0.39, 0.29) is 47.2 Å². The van der Waals surface area contributed by atoms with Crippen LogP contribution in [0.3, 0.4) is 0 Å². The summed E-state index contributed by atoms with van der Waals surface area (Å²) in [5.41, 5.74) is -0.200. The van der Waals surface area contributed by atoms with E-state index in [0.29, 0.717) is 5.56 Å². The summed E-state index contributed by atoms with van der Waals surface area (Å²) in [6.45, 7) is 6.42. The van der Waals surface area contributed by atoms with Crippen LogP contribution in [0, 0.1) is 17.5 Å². The molecule has 1 aliphatic rings. The van der Waals surface area contributed by atoms with E-state index >= 15 is 0 Å². The number of carbonyl (C=O) groups is 2. The lowest BCUT2D eigenvalue weighted by Gasteiger charge is -2.27. The number of hydrogen-bond donors (Lipinski definition) is 1. The number of nitrogens with zero attached hydrogens (tertiary/aromatic N) is 5. The highest BCUT2D eigenvalue weighted by atomic mass is 32.2. The number of benzene rings is 2. The Balaban J connectivity index is 1.34. The van der Waals surface area contributed by atoms with Gasteiger partial charge in [-0.2, -0.15) is 18.3 Å². The van der Waals surface area contributed by atoms with Crippen molar-refractivity contribution in [3.05, 3.63) is 71.1 Å². The standard InChI is InChI=1S/C29H33F3N6O8S/c1-19-5-7-20(8-6-19)24-17-25(29(30,31)32)33-37(24)21-9-11-23(12-10-21)47(42,43)34-27(40)46-22-13-15-36(16-14-22)38(41)35-45-18-44-26(39)28(2,3)4/h5-12,17,22H,13-16,18H2,1-4H3,(H,34,40)/b38-35+. The second kappa shape index (κ2) is 13.9. The fourth-order valence-corrected chi connectivity index (χ4v) is 5.19. The summed E-state index contributed by atoms with van der Waals surface area (Å²) in [5.74, 6) is -0.537. The lowest BCUT2D eigenvalue weighted by atomic mass is 9.98. The maximum absolute atomic E-state index is 13.5. The van der Waals surface area contributed by atoms with Crippen molar-refractivity contribution in [2.45, 2.75) is 57.7 Å². The van der Waals surface area contributed by atoms with Crippen molar-refractivity contribution in [2.75, 3.05) is 19.9 Å². The number of nitrogens with one attached hydrogen (secondary N) is 1. The number of ether oxygens (including phenoxy) is 2. The third-order valence-electron chi connectivity index (χ3n) is 6.87. The summed E-state index contributed by atoms with van der Waals surface area (Å²) in [6, 6.07) is 12.5. The van der Waals surface area contributed by atoms with Crippen LogP contribution in [0.15, 0.2) is 64.8 Å². The smallest absolute Gasteiger partial charge is 0.435 e. The molecule has 254 valence electrons. The minimum Gasteiger partial charge on any atom is -0.569 e. The number of rotatable bonds is 9. The summed E-state index contributed by atoms with van der Waals surface area (Å²) in [7, 11) is -4.42. The van der Waals surface area contributed by atoms with E-state index < -0.39 is 52.3 Å². The topological polar surface area (TPSA) is 167 Å². The van der Waals surface area contributed by atoms with Crippen molar-refractivity contribution >= 4 is 22.1 Å². The second-order valence-corrected chi connectivity index (χ2v) is 13.3. The zero-order valence-corrected chi connectivity index (χ0v) is 26.7. The van der Waals surface area contributed by atoms with Crippen LogP contribution in [-0.2, 0) is 35.3 Å². The molecule has 14 nitrogen and oxygen atoms in total. The summed E-state index contributed by atoms with van der Waals surface area (Å²) < 4.78 is 79.1. The van der Waals surface area contributed by atoms with Gasteiger partial charge >= 0.3 is 18.2 Å². The predicted molar refractivity (Wildman–Crippen MR) is 158 cm³/mol. The number of aromatic nitrogens is 2. The first kappa shape index (κ1) is 35.0. The van der Waals surface area contributed by atoms with Gasteiger partial charge in [-0.1, -0.05) is 29.8 Å². The Kier molecular flexibility index (Phi) is 10.3. The maximum Gasteiger partial charge on any atom is 0.435 e. The van der Waals surface area contributed by atoms with Crippen molar-refractivity contribution in [3.63, 3.8) is 0 Å². The van der Waals surface area contributed by atoms with E-state index in [2.05, 4.69) is 10.4 Å². The molecule has 1 aliphatic heterocycles. The molecule has 1 amide bonds. The molecule has 4 rings (SSSR count). The predicted octanol–water partition coefficient (Wildman–Crippen LogP) is 5.10. The highest BCUT2D eigenvalue weighted by Gasteiger charge is 2.35. The number of hydrogen-bond acceptors (Lipinski definition) is 10. The lowest BCUT2D eigenvalue weighted by Crippen LogP contribution is -2.43. The van der Waals surface area contributed by atoms with Crippen molar-refractivity contribution in [1.82, 2.24) is 19.5 Å². The molecule has 1 saturated heterocycles. The van der Waals surface area contributed by atoms with E-state index in [4.69, 9.17) is 14.3 Å². The van der Waals surface area contributed by atoms with Crippen LogP contribution in [0.4, 0.5) is 18.0 Å². The molecular weight excluding hydrogens is 649 g/mol. The van der Waals surface area contributed by atoms with Crippen LogP contribution in [0.2, 0.25) is 0 Å². The molecule has 0 unspecified atom stereocenters. The number of carbonyl (C=O) groups excluding carboxylic acids is 2. The van der Waals surface area contributed by atoms with Gasteiger partial charge in [-0.15, -0.1) is 5.01 Å². The zero-order valence-electron chi connectivity index (χ0n) is 25.9. The third-order valence-corrected chi connectivity index (χ3v) is 8.20. The highest BCUT2D eigenvalue weighted by Crippen LogP contribution is 2.33. The summed E-state index contributed by atoms with van der Waals surface area (Å²) in [5, 5.41) is 20.4. The second-order valence-electron chi connectivity index (χ2n) is 11.6. The zero-order chi connectivity index (χ0) is 34.6. The molecule has 0 bridgehead atoms. The van der Waals surface area contributed by atoms with E-state index in [1.54, 1.807) is 45.0 Å². The fourth-order valence-electron chi connectivity index (χ4n) is 4.31. The normalized spacial score (nSPS) is 14.9.